The van der Waals surface area contributed by atoms with E-state index < -0.39 is 0 Å². The van der Waals surface area contributed by atoms with Crippen molar-refractivity contribution in [3.63, 3.8) is 0 Å². The minimum atomic E-state index is -0.355. The van der Waals surface area contributed by atoms with Crippen molar-refractivity contribution in [1.29, 1.82) is 0 Å². The third kappa shape index (κ3) is 3.52. The highest BCUT2D eigenvalue weighted by Crippen LogP contribution is 2.21. The van der Waals surface area contributed by atoms with Crippen LogP contribution in [0, 0.1) is 5.82 Å². The maximum absolute atomic E-state index is 14.1. The smallest absolute Gasteiger partial charge is 0.257 e. The number of halogens is 2. The van der Waals surface area contributed by atoms with Gasteiger partial charge in [0.05, 0.1) is 11.8 Å². The summed E-state index contributed by atoms with van der Waals surface area (Å²) in [5, 5.41) is 4.03. The molecule has 1 fully saturated rings. The van der Waals surface area contributed by atoms with Crippen LogP contribution in [0.1, 0.15) is 16.8 Å². The fourth-order valence-electron chi connectivity index (χ4n) is 2.69. The summed E-state index contributed by atoms with van der Waals surface area (Å²) in [5.74, 6) is -0.0560. The standard InChI is InChI=1S/C15H17BrFN5O/c1-20-10-11(8-19-20)15(23)22-4-2-3-21(5-6-22)14-13(17)7-12(16)9-18-14/h7-10H,2-6H2,1H3. The molecule has 1 saturated heterocycles. The topological polar surface area (TPSA) is 54.3 Å². The van der Waals surface area contributed by atoms with Crippen LogP contribution in [-0.4, -0.2) is 51.8 Å². The SMILES string of the molecule is Cn1cc(C(=O)N2CCCN(c3ncc(Br)cc3F)CC2)cn1. The predicted molar refractivity (Wildman–Crippen MR) is 87.8 cm³/mol. The molecular formula is C15H17BrFN5O. The summed E-state index contributed by atoms with van der Waals surface area (Å²) in [7, 11) is 1.78. The zero-order valence-electron chi connectivity index (χ0n) is 12.7. The Labute approximate surface area is 142 Å². The summed E-state index contributed by atoms with van der Waals surface area (Å²) < 4.78 is 16.3. The van der Waals surface area contributed by atoms with E-state index in [1.54, 1.807) is 35.2 Å². The number of pyridine rings is 1. The number of aryl methyl sites for hydroxylation is 1. The average molecular weight is 382 g/mol. The largest absolute Gasteiger partial charge is 0.352 e. The predicted octanol–water partition coefficient (Wildman–Crippen LogP) is 2.07. The number of hydrogen-bond donors (Lipinski definition) is 0. The van der Waals surface area contributed by atoms with Gasteiger partial charge in [-0.05, 0) is 28.4 Å². The second-order valence-electron chi connectivity index (χ2n) is 5.49. The minimum Gasteiger partial charge on any atom is -0.352 e. The van der Waals surface area contributed by atoms with Crippen molar-refractivity contribution in [1.82, 2.24) is 19.7 Å². The summed E-state index contributed by atoms with van der Waals surface area (Å²) in [4.78, 5) is 20.3. The number of rotatable bonds is 2. The zero-order chi connectivity index (χ0) is 16.4. The lowest BCUT2D eigenvalue weighted by molar-refractivity contribution is 0.0767. The van der Waals surface area contributed by atoms with Crippen LogP contribution in [0.5, 0.6) is 0 Å². The van der Waals surface area contributed by atoms with E-state index in [0.29, 0.717) is 42.0 Å². The Morgan fingerprint density at radius 3 is 2.78 bits per heavy atom. The van der Waals surface area contributed by atoms with E-state index in [-0.39, 0.29) is 11.7 Å². The van der Waals surface area contributed by atoms with Gasteiger partial charge in [0.25, 0.3) is 5.91 Å². The van der Waals surface area contributed by atoms with Crippen LogP contribution >= 0.6 is 15.9 Å². The van der Waals surface area contributed by atoms with Gasteiger partial charge in [-0.3, -0.25) is 9.48 Å². The summed E-state index contributed by atoms with van der Waals surface area (Å²) >= 11 is 3.21. The van der Waals surface area contributed by atoms with E-state index >= 15 is 0 Å². The normalized spacial score (nSPS) is 15.6. The third-order valence-electron chi connectivity index (χ3n) is 3.82. The molecule has 0 aliphatic carbocycles. The van der Waals surface area contributed by atoms with Crippen LogP contribution < -0.4 is 4.90 Å². The molecule has 8 heteroatoms. The van der Waals surface area contributed by atoms with Crippen LogP contribution in [-0.2, 0) is 7.05 Å². The molecule has 0 saturated carbocycles. The van der Waals surface area contributed by atoms with Gasteiger partial charge in [0.1, 0.15) is 0 Å². The third-order valence-corrected chi connectivity index (χ3v) is 4.26. The fraction of sp³-hybridized carbons (Fsp3) is 0.400. The number of carbonyl (C=O) groups excluding carboxylic acids is 1. The van der Waals surface area contributed by atoms with E-state index in [2.05, 4.69) is 26.0 Å². The zero-order valence-corrected chi connectivity index (χ0v) is 14.3. The van der Waals surface area contributed by atoms with E-state index in [1.165, 1.54) is 6.07 Å². The van der Waals surface area contributed by atoms with Crippen LogP contribution in [0.2, 0.25) is 0 Å². The van der Waals surface area contributed by atoms with E-state index in [1.807, 2.05) is 4.90 Å². The first-order valence-electron chi connectivity index (χ1n) is 7.38. The Balaban J connectivity index is 1.70. The molecule has 0 aromatic carbocycles. The number of carbonyl (C=O) groups is 1. The lowest BCUT2D eigenvalue weighted by Gasteiger charge is -2.23. The summed E-state index contributed by atoms with van der Waals surface area (Å²) in [6, 6.07) is 1.41. The molecule has 0 unspecified atom stereocenters. The molecule has 2 aromatic heterocycles. The molecule has 2 aromatic rings. The molecule has 0 bridgehead atoms. The minimum absolute atomic E-state index is 0.0378. The Hall–Kier alpha value is -1.96. The lowest BCUT2D eigenvalue weighted by atomic mass is 10.3. The number of nitrogens with zero attached hydrogens (tertiary/aromatic N) is 5. The number of hydrogen-bond acceptors (Lipinski definition) is 4. The highest BCUT2D eigenvalue weighted by Gasteiger charge is 2.23. The van der Waals surface area contributed by atoms with E-state index in [9.17, 15) is 9.18 Å². The summed E-state index contributed by atoms with van der Waals surface area (Å²) in [6.07, 6.45) is 5.63. The highest BCUT2D eigenvalue weighted by atomic mass is 79.9. The molecule has 6 nitrogen and oxygen atoms in total. The molecule has 3 heterocycles. The van der Waals surface area contributed by atoms with Crippen molar-refractivity contribution < 1.29 is 9.18 Å². The van der Waals surface area contributed by atoms with Crippen molar-refractivity contribution in [2.75, 3.05) is 31.1 Å². The van der Waals surface area contributed by atoms with Crippen LogP contribution in [0.25, 0.3) is 0 Å². The van der Waals surface area contributed by atoms with Gasteiger partial charge in [-0.15, -0.1) is 0 Å². The van der Waals surface area contributed by atoms with Gasteiger partial charge in [-0.25, -0.2) is 9.37 Å². The molecular weight excluding hydrogens is 365 g/mol. The molecule has 1 aliphatic heterocycles. The number of anilines is 1. The Bertz CT molecular complexity index is 720. The van der Waals surface area contributed by atoms with Gasteiger partial charge in [0.2, 0.25) is 0 Å². The van der Waals surface area contributed by atoms with Crippen molar-refractivity contribution in [3.05, 3.63) is 40.5 Å². The number of aromatic nitrogens is 3. The molecule has 0 radical (unpaired) electrons. The summed E-state index contributed by atoms with van der Waals surface area (Å²) in [6.45, 7) is 2.40. The van der Waals surface area contributed by atoms with E-state index in [4.69, 9.17) is 0 Å². The van der Waals surface area contributed by atoms with Crippen LogP contribution in [0.4, 0.5) is 10.2 Å². The molecule has 23 heavy (non-hydrogen) atoms. The van der Waals surface area contributed by atoms with Crippen molar-refractivity contribution in [2.45, 2.75) is 6.42 Å². The van der Waals surface area contributed by atoms with Crippen LogP contribution in [0.3, 0.4) is 0 Å². The first-order chi connectivity index (χ1) is 11.0. The molecule has 1 amide bonds. The molecule has 0 N–H and O–H groups in total. The van der Waals surface area contributed by atoms with Gasteiger partial charge < -0.3 is 9.80 Å². The maximum atomic E-state index is 14.1. The van der Waals surface area contributed by atoms with Crippen molar-refractivity contribution >= 4 is 27.7 Å². The molecule has 122 valence electrons. The van der Waals surface area contributed by atoms with Gasteiger partial charge >= 0.3 is 0 Å². The van der Waals surface area contributed by atoms with Crippen molar-refractivity contribution in [3.8, 4) is 0 Å². The number of amides is 1. The Kier molecular flexibility index (Phi) is 4.61. The quantitative estimate of drug-likeness (QED) is 0.798. The first kappa shape index (κ1) is 15.9. The Morgan fingerprint density at radius 2 is 2.09 bits per heavy atom. The molecule has 3 rings (SSSR count). The fourth-order valence-corrected chi connectivity index (χ4v) is 2.99. The van der Waals surface area contributed by atoms with Crippen molar-refractivity contribution in [2.24, 2.45) is 7.05 Å². The van der Waals surface area contributed by atoms with E-state index in [0.717, 1.165) is 6.42 Å². The molecule has 1 aliphatic rings. The maximum Gasteiger partial charge on any atom is 0.257 e. The first-order valence-corrected chi connectivity index (χ1v) is 8.18. The van der Waals surface area contributed by atoms with Gasteiger partial charge in [-0.2, -0.15) is 5.10 Å². The van der Waals surface area contributed by atoms with Gasteiger partial charge in [0.15, 0.2) is 11.6 Å². The second kappa shape index (κ2) is 6.66. The average Bonchev–Trinajstić information content (AvgIpc) is 2.81. The Morgan fingerprint density at radius 1 is 1.26 bits per heavy atom. The van der Waals surface area contributed by atoms with Gasteiger partial charge in [0, 0.05) is 50.1 Å². The van der Waals surface area contributed by atoms with Gasteiger partial charge in [-0.1, -0.05) is 0 Å². The molecule has 0 spiro atoms. The summed E-state index contributed by atoms with van der Waals surface area (Å²) in [5.41, 5.74) is 0.578. The molecule has 0 atom stereocenters. The second-order valence-corrected chi connectivity index (χ2v) is 6.41. The highest BCUT2D eigenvalue weighted by molar-refractivity contribution is 9.10. The monoisotopic (exact) mass is 381 g/mol. The van der Waals surface area contributed by atoms with Crippen LogP contribution in [0.15, 0.2) is 29.1 Å². The lowest BCUT2D eigenvalue weighted by Crippen LogP contribution is -2.35.